The van der Waals surface area contributed by atoms with Crippen LogP contribution in [0.25, 0.3) is 0 Å². The first kappa shape index (κ1) is 15.2. The molecule has 6 heteroatoms. The van der Waals surface area contributed by atoms with Crippen LogP contribution in [0, 0.1) is 5.92 Å². The average Bonchev–Trinajstić information content (AvgIpc) is 3.18. The second-order valence-electron chi connectivity index (χ2n) is 6.17. The lowest BCUT2D eigenvalue weighted by molar-refractivity contribution is -0.135. The maximum Gasteiger partial charge on any atom is 0.225 e. The molecule has 3 rings (SSSR count). The molecule has 0 N–H and O–H groups in total. The monoisotopic (exact) mass is 318 g/mol. The Hall–Kier alpha value is -1.69. The van der Waals surface area contributed by atoms with Crippen LogP contribution >= 0.6 is 11.3 Å². The smallest absolute Gasteiger partial charge is 0.225 e. The third-order valence-electron chi connectivity index (χ3n) is 4.16. The molecule has 1 atom stereocenters. The van der Waals surface area contributed by atoms with Gasteiger partial charge in [0.15, 0.2) is 0 Å². The minimum atomic E-state index is 0.0634. The van der Waals surface area contributed by atoms with Gasteiger partial charge in [-0.1, -0.05) is 13.8 Å². The molecule has 0 radical (unpaired) electrons. The Morgan fingerprint density at radius 1 is 1.45 bits per heavy atom. The minimum absolute atomic E-state index is 0.0634. The molecule has 2 aromatic heterocycles. The molecule has 1 fully saturated rings. The van der Waals surface area contributed by atoms with Gasteiger partial charge in [0.1, 0.15) is 5.82 Å². The Kier molecular flexibility index (Phi) is 4.57. The van der Waals surface area contributed by atoms with Crippen LogP contribution in [0.4, 0.5) is 0 Å². The van der Waals surface area contributed by atoms with E-state index in [9.17, 15) is 4.79 Å². The molecule has 0 spiro atoms. The highest BCUT2D eigenvalue weighted by atomic mass is 32.1. The molecule has 22 heavy (non-hydrogen) atoms. The summed E-state index contributed by atoms with van der Waals surface area (Å²) in [5.41, 5.74) is 2.92. The van der Waals surface area contributed by atoms with E-state index in [1.165, 1.54) is 0 Å². The van der Waals surface area contributed by atoms with Gasteiger partial charge in [0.2, 0.25) is 5.91 Å². The second-order valence-corrected chi connectivity index (χ2v) is 6.89. The Bertz CT molecular complexity index is 620. The Morgan fingerprint density at radius 2 is 2.32 bits per heavy atom. The quantitative estimate of drug-likeness (QED) is 0.871. The molecule has 1 aliphatic rings. The standard InChI is InChI=1S/C16H22N4OS/c1-12(2)16(21)20-6-3-4-13(8-20)15-17-5-7-19(15)9-14-10-22-11-18-14/h5,7,10-13H,3-4,6,8-9H2,1-2H3. The third kappa shape index (κ3) is 3.21. The molecule has 1 unspecified atom stereocenters. The van der Waals surface area contributed by atoms with Crippen LogP contribution < -0.4 is 0 Å². The second kappa shape index (κ2) is 6.60. The van der Waals surface area contributed by atoms with Gasteiger partial charge in [0.25, 0.3) is 0 Å². The fourth-order valence-corrected chi connectivity index (χ4v) is 3.61. The minimum Gasteiger partial charge on any atom is -0.342 e. The van der Waals surface area contributed by atoms with Crippen molar-refractivity contribution in [3.05, 3.63) is 34.8 Å². The molecule has 3 heterocycles. The van der Waals surface area contributed by atoms with Crippen LogP contribution in [0.2, 0.25) is 0 Å². The van der Waals surface area contributed by atoms with Gasteiger partial charge < -0.3 is 9.47 Å². The molecular weight excluding hydrogens is 296 g/mol. The van der Waals surface area contributed by atoms with Gasteiger partial charge in [-0.05, 0) is 12.8 Å². The van der Waals surface area contributed by atoms with Crippen LogP contribution in [-0.2, 0) is 11.3 Å². The van der Waals surface area contributed by atoms with E-state index in [0.717, 1.165) is 44.0 Å². The number of hydrogen-bond donors (Lipinski definition) is 0. The summed E-state index contributed by atoms with van der Waals surface area (Å²) in [4.78, 5) is 23.2. The molecule has 118 valence electrons. The summed E-state index contributed by atoms with van der Waals surface area (Å²) in [5, 5.41) is 2.07. The van der Waals surface area contributed by atoms with Gasteiger partial charge in [-0.3, -0.25) is 4.79 Å². The van der Waals surface area contributed by atoms with E-state index in [-0.39, 0.29) is 11.8 Å². The van der Waals surface area contributed by atoms with Crippen molar-refractivity contribution >= 4 is 17.2 Å². The summed E-state index contributed by atoms with van der Waals surface area (Å²) in [6, 6.07) is 0. The molecule has 1 saturated heterocycles. The number of nitrogens with zero attached hydrogens (tertiary/aromatic N) is 4. The maximum absolute atomic E-state index is 12.2. The highest BCUT2D eigenvalue weighted by molar-refractivity contribution is 7.07. The number of piperidine rings is 1. The summed E-state index contributed by atoms with van der Waals surface area (Å²) in [5.74, 6) is 1.72. The number of imidazole rings is 1. The number of hydrogen-bond acceptors (Lipinski definition) is 4. The molecule has 5 nitrogen and oxygen atoms in total. The van der Waals surface area contributed by atoms with E-state index in [0.29, 0.717) is 5.92 Å². The van der Waals surface area contributed by atoms with Gasteiger partial charge >= 0.3 is 0 Å². The largest absolute Gasteiger partial charge is 0.342 e. The van der Waals surface area contributed by atoms with E-state index < -0.39 is 0 Å². The van der Waals surface area contributed by atoms with E-state index >= 15 is 0 Å². The number of carbonyl (C=O) groups excluding carboxylic acids is 1. The van der Waals surface area contributed by atoms with Crippen LogP contribution in [0.5, 0.6) is 0 Å². The van der Waals surface area contributed by atoms with Crippen molar-refractivity contribution in [2.75, 3.05) is 13.1 Å². The Morgan fingerprint density at radius 3 is 3.05 bits per heavy atom. The number of thiazole rings is 1. The van der Waals surface area contributed by atoms with Crippen molar-refractivity contribution in [3.63, 3.8) is 0 Å². The number of aromatic nitrogens is 3. The van der Waals surface area contributed by atoms with Crippen LogP contribution in [0.1, 0.15) is 44.1 Å². The molecular formula is C16H22N4OS. The maximum atomic E-state index is 12.2. The van der Waals surface area contributed by atoms with Gasteiger partial charge in [0, 0.05) is 42.7 Å². The summed E-state index contributed by atoms with van der Waals surface area (Å²) in [7, 11) is 0. The lowest BCUT2D eigenvalue weighted by Gasteiger charge is -2.33. The van der Waals surface area contributed by atoms with Crippen LogP contribution in [-0.4, -0.2) is 38.4 Å². The molecule has 2 aromatic rings. The predicted molar refractivity (Wildman–Crippen MR) is 86.8 cm³/mol. The fraction of sp³-hybridized carbons (Fsp3) is 0.562. The van der Waals surface area contributed by atoms with Gasteiger partial charge in [0.05, 0.1) is 17.7 Å². The summed E-state index contributed by atoms with van der Waals surface area (Å²) in [6.45, 7) is 6.35. The van der Waals surface area contributed by atoms with Crippen molar-refractivity contribution in [1.82, 2.24) is 19.4 Å². The van der Waals surface area contributed by atoms with E-state index in [1.807, 2.05) is 36.7 Å². The lowest BCUT2D eigenvalue weighted by atomic mass is 9.96. The van der Waals surface area contributed by atoms with Crippen LogP contribution in [0.15, 0.2) is 23.3 Å². The SMILES string of the molecule is CC(C)C(=O)N1CCCC(c2nccn2Cc2cscn2)C1. The fourth-order valence-electron chi connectivity index (χ4n) is 3.06. The molecule has 1 amide bonds. The number of likely N-dealkylation sites (tertiary alicyclic amines) is 1. The summed E-state index contributed by atoms with van der Waals surface area (Å²) >= 11 is 1.61. The zero-order valence-electron chi connectivity index (χ0n) is 13.1. The van der Waals surface area contributed by atoms with Crippen molar-refractivity contribution < 1.29 is 4.79 Å². The highest BCUT2D eigenvalue weighted by Crippen LogP contribution is 2.27. The molecule has 0 saturated carbocycles. The molecule has 0 aromatic carbocycles. The van der Waals surface area contributed by atoms with Crippen molar-refractivity contribution in [2.45, 2.75) is 39.2 Å². The normalized spacial score (nSPS) is 18.9. The molecule has 1 aliphatic heterocycles. The van der Waals surface area contributed by atoms with Crippen LogP contribution in [0.3, 0.4) is 0 Å². The van der Waals surface area contributed by atoms with E-state index in [2.05, 4.69) is 19.9 Å². The first-order chi connectivity index (χ1) is 10.6. The van der Waals surface area contributed by atoms with E-state index in [4.69, 9.17) is 0 Å². The molecule has 0 bridgehead atoms. The van der Waals surface area contributed by atoms with Crippen molar-refractivity contribution in [3.8, 4) is 0 Å². The predicted octanol–water partition coefficient (Wildman–Crippen LogP) is 2.75. The first-order valence-corrected chi connectivity index (χ1v) is 8.76. The summed E-state index contributed by atoms with van der Waals surface area (Å²) < 4.78 is 2.17. The van der Waals surface area contributed by atoms with Gasteiger partial charge in [-0.15, -0.1) is 11.3 Å². The first-order valence-electron chi connectivity index (χ1n) is 7.82. The summed E-state index contributed by atoms with van der Waals surface area (Å²) in [6.07, 6.45) is 6.01. The van der Waals surface area contributed by atoms with E-state index in [1.54, 1.807) is 11.3 Å². The van der Waals surface area contributed by atoms with Crippen molar-refractivity contribution in [2.24, 2.45) is 5.92 Å². The zero-order chi connectivity index (χ0) is 15.5. The third-order valence-corrected chi connectivity index (χ3v) is 4.79. The Balaban J connectivity index is 1.74. The lowest BCUT2D eigenvalue weighted by Crippen LogP contribution is -2.41. The van der Waals surface area contributed by atoms with Gasteiger partial charge in [-0.25, -0.2) is 9.97 Å². The molecule has 0 aliphatic carbocycles. The van der Waals surface area contributed by atoms with Crippen molar-refractivity contribution in [1.29, 1.82) is 0 Å². The number of carbonyl (C=O) groups is 1. The average molecular weight is 318 g/mol. The topological polar surface area (TPSA) is 51.0 Å². The zero-order valence-corrected chi connectivity index (χ0v) is 13.9. The highest BCUT2D eigenvalue weighted by Gasteiger charge is 2.28. The Labute approximate surface area is 135 Å². The number of rotatable bonds is 4. The number of amides is 1. The van der Waals surface area contributed by atoms with Gasteiger partial charge in [-0.2, -0.15) is 0 Å².